The largest absolute Gasteiger partial charge is 0.481 e. The standard InChI is InChI=1S/C11H18N2O5/c1-17-5-3-12-8-9(7-10(14)15)13(11(12)16)4-6-18-2/h8H,3-7H2,1-2H3,(H,14,15). The van der Waals surface area contributed by atoms with E-state index in [0.717, 1.165) is 0 Å². The van der Waals surface area contributed by atoms with Crippen LogP contribution in [0.5, 0.6) is 0 Å². The third kappa shape index (κ3) is 3.71. The lowest BCUT2D eigenvalue weighted by atomic mass is 10.3. The lowest BCUT2D eigenvalue weighted by Gasteiger charge is -2.04. The summed E-state index contributed by atoms with van der Waals surface area (Å²) in [5.41, 5.74) is 0.237. The van der Waals surface area contributed by atoms with E-state index < -0.39 is 5.97 Å². The summed E-state index contributed by atoms with van der Waals surface area (Å²) in [5.74, 6) is -0.968. The van der Waals surface area contributed by atoms with Gasteiger partial charge in [0.15, 0.2) is 0 Å². The maximum Gasteiger partial charge on any atom is 0.328 e. The molecule has 0 spiro atoms. The van der Waals surface area contributed by atoms with Crippen molar-refractivity contribution in [2.45, 2.75) is 19.5 Å². The van der Waals surface area contributed by atoms with Crippen LogP contribution in [0.3, 0.4) is 0 Å². The molecule has 0 amide bonds. The highest BCUT2D eigenvalue weighted by molar-refractivity contribution is 5.69. The zero-order valence-electron chi connectivity index (χ0n) is 10.6. The Morgan fingerprint density at radius 2 is 1.89 bits per heavy atom. The average Bonchev–Trinajstić information content (AvgIpc) is 2.60. The predicted molar refractivity (Wildman–Crippen MR) is 63.8 cm³/mol. The Labute approximate surface area is 105 Å². The Balaban J connectivity index is 2.97. The highest BCUT2D eigenvalue weighted by Gasteiger charge is 2.13. The summed E-state index contributed by atoms with van der Waals surface area (Å²) in [6, 6.07) is 0. The number of aliphatic carboxylic acids is 1. The SMILES string of the molecule is COCCn1cc(CC(=O)O)n(CCOC)c1=O. The van der Waals surface area contributed by atoms with E-state index in [2.05, 4.69) is 0 Å². The van der Waals surface area contributed by atoms with Crippen LogP contribution in [0.25, 0.3) is 0 Å². The summed E-state index contributed by atoms with van der Waals surface area (Å²) in [6.07, 6.45) is 1.38. The number of carboxylic acids is 1. The van der Waals surface area contributed by atoms with Crippen molar-refractivity contribution in [3.63, 3.8) is 0 Å². The van der Waals surface area contributed by atoms with Crippen molar-refractivity contribution < 1.29 is 19.4 Å². The predicted octanol–water partition coefficient (Wildman–Crippen LogP) is -0.430. The van der Waals surface area contributed by atoms with Crippen molar-refractivity contribution in [1.29, 1.82) is 0 Å². The maximum atomic E-state index is 12.0. The second-order valence-electron chi connectivity index (χ2n) is 3.80. The van der Waals surface area contributed by atoms with Crippen LogP contribution in [0.1, 0.15) is 5.69 Å². The monoisotopic (exact) mass is 258 g/mol. The Hall–Kier alpha value is -1.60. The summed E-state index contributed by atoms with van der Waals surface area (Å²) in [4.78, 5) is 22.8. The quantitative estimate of drug-likeness (QED) is 0.684. The minimum atomic E-state index is -0.968. The number of carbonyl (C=O) groups is 1. The molecule has 0 unspecified atom stereocenters. The fourth-order valence-electron chi connectivity index (χ4n) is 1.65. The van der Waals surface area contributed by atoms with Crippen LogP contribution in [0, 0.1) is 0 Å². The molecule has 0 atom stereocenters. The van der Waals surface area contributed by atoms with Crippen molar-refractivity contribution in [2.24, 2.45) is 0 Å². The zero-order chi connectivity index (χ0) is 13.5. The Kier molecular flexibility index (Phi) is 5.60. The van der Waals surface area contributed by atoms with Crippen molar-refractivity contribution in [3.8, 4) is 0 Å². The van der Waals surface area contributed by atoms with Gasteiger partial charge in [-0.25, -0.2) is 4.79 Å². The normalized spacial score (nSPS) is 10.8. The van der Waals surface area contributed by atoms with Crippen LogP contribution in [0.4, 0.5) is 0 Å². The molecule has 0 aliphatic carbocycles. The second kappa shape index (κ2) is 6.97. The number of methoxy groups -OCH3 is 2. The first kappa shape index (κ1) is 14.5. The molecule has 1 aromatic heterocycles. The summed E-state index contributed by atoms with van der Waals surface area (Å²) >= 11 is 0. The van der Waals surface area contributed by atoms with E-state index in [-0.39, 0.29) is 12.1 Å². The maximum absolute atomic E-state index is 12.0. The number of imidazole rings is 1. The van der Waals surface area contributed by atoms with Crippen LogP contribution in [-0.2, 0) is 33.8 Å². The molecule has 0 aliphatic rings. The van der Waals surface area contributed by atoms with Gasteiger partial charge in [-0.15, -0.1) is 0 Å². The molecule has 1 rings (SSSR count). The van der Waals surface area contributed by atoms with Crippen molar-refractivity contribution in [3.05, 3.63) is 22.4 Å². The van der Waals surface area contributed by atoms with Crippen LogP contribution < -0.4 is 5.69 Å². The first-order valence-electron chi connectivity index (χ1n) is 5.58. The van der Waals surface area contributed by atoms with Gasteiger partial charge in [0.1, 0.15) is 0 Å². The van der Waals surface area contributed by atoms with Gasteiger partial charge in [-0.1, -0.05) is 0 Å². The van der Waals surface area contributed by atoms with Gasteiger partial charge in [0, 0.05) is 20.4 Å². The highest BCUT2D eigenvalue weighted by atomic mass is 16.5. The van der Waals surface area contributed by atoms with E-state index >= 15 is 0 Å². The summed E-state index contributed by atoms with van der Waals surface area (Å²) < 4.78 is 12.7. The van der Waals surface area contributed by atoms with Gasteiger partial charge < -0.3 is 14.6 Å². The molecule has 1 N–H and O–H groups in total. The highest BCUT2D eigenvalue weighted by Crippen LogP contribution is 2.00. The smallest absolute Gasteiger partial charge is 0.328 e. The molecule has 18 heavy (non-hydrogen) atoms. The van der Waals surface area contributed by atoms with Gasteiger partial charge in [0.05, 0.1) is 38.4 Å². The van der Waals surface area contributed by atoms with Crippen LogP contribution in [-0.4, -0.2) is 47.6 Å². The Morgan fingerprint density at radius 3 is 2.44 bits per heavy atom. The van der Waals surface area contributed by atoms with E-state index in [1.807, 2.05) is 0 Å². The minimum Gasteiger partial charge on any atom is -0.481 e. The lowest BCUT2D eigenvalue weighted by molar-refractivity contribution is -0.136. The molecule has 1 aromatic rings. The first-order valence-corrected chi connectivity index (χ1v) is 5.58. The van der Waals surface area contributed by atoms with Gasteiger partial charge in [-0.05, 0) is 0 Å². The molecule has 0 fully saturated rings. The Bertz CT molecular complexity index is 449. The number of rotatable bonds is 8. The first-order chi connectivity index (χ1) is 8.60. The topological polar surface area (TPSA) is 82.7 Å². The number of ether oxygens (including phenoxy) is 2. The molecule has 1 heterocycles. The van der Waals surface area contributed by atoms with E-state index in [9.17, 15) is 9.59 Å². The van der Waals surface area contributed by atoms with Crippen LogP contribution in [0.2, 0.25) is 0 Å². The van der Waals surface area contributed by atoms with Gasteiger partial charge in [0.2, 0.25) is 0 Å². The number of aromatic nitrogens is 2. The van der Waals surface area contributed by atoms with E-state index in [1.165, 1.54) is 16.2 Å². The number of hydrogen-bond acceptors (Lipinski definition) is 4. The second-order valence-corrected chi connectivity index (χ2v) is 3.80. The van der Waals surface area contributed by atoms with Crippen LogP contribution in [0.15, 0.2) is 11.0 Å². The molecule has 0 aliphatic heterocycles. The van der Waals surface area contributed by atoms with Crippen molar-refractivity contribution >= 4 is 5.97 Å². The molecule has 0 saturated heterocycles. The molecule has 7 nitrogen and oxygen atoms in total. The van der Waals surface area contributed by atoms with E-state index in [4.69, 9.17) is 14.6 Å². The Morgan fingerprint density at radius 1 is 1.28 bits per heavy atom. The number of carboxylic acid groups (broad SMARTS) is 1. The average molecular weight is 258 g/mol. The third-order valence-corrected chi connectivity index (χ3v) is 2.52. The van der Waals surface area contributed by atoms with E-state index in [1.54, 1.807) is 13.3 Å². The van der Waals surface area contributed by atoms with Crippen LogP contribution >= 0.6 is 0 Å². The van der Waals surface area contributed by atoms with Gasteiger partial charge >= 0.3 is 11.7 Å². The number of hydrogen-bond donors (Lipinski definition) is 1. The number of nitrogens with zero attached hydrogens (tertiary/aromatic N) is 2. The molecule has 0 radical (unpaired) electrons. The van der Waals surface area contributed by atoms with Gasteiger partial charge in [-0.2, -0.15) is 0 Å². The fraction of sp³-hybridized carbons (Fsp3) is 0.636. The summed E-state index contributed by atoms with van der Waals surface area (Å²) in [6.45, 7) is 1.52. The summed E-state index contributed by atoms with van der Waals surface area (Å²) in [7, 11) is 3.08. The third-order valence-electron chi connectivity index (χ3n) is 2.52. The van der Waals surface area contributed by atoms with Gasteiger partial charge in [0.25, 0.3) is 0 Å². The lowest BCUT2D eigenvalue weighted by Crippen LogP contribution is -2.27. The molecular weight excluding hydrogens is 240 g/mol. The zero-order valence-corrected chi connectivity index (χ0v) is 10.6. The van der Waals surface area contributed by atoms with Gasteiger partial charge in [-0.3, -0.25) is 13.9 Å². The van der Waals surface area contributed by atoms with Crippen molar-refractivity contribution in [2.75, 3.05) is 27.4 Å². The van der Waals surface area contributed by atoms with Crippen molar-refractivity contribution in [1.82, 2.24) is 9.13 Å². The van der Waals surface area contributed by atoms with E-state index in [0.29, 0.717) is 32.0 Å². The molecule has 0 saturated carbocycles. The summed E-state index contributed by atoms with van der Waals surface area (Å²) in [5, 5.41) is 8.81. The minimum absolute atomic E-state index is 0.182. The fourth-order valence-corrected chi connectivity index (χ4v) is 1.65. The molecule has 7 heteroatoms. The molecular formula is C11H18N2O5. The molecule has 0 bridgehead atoms. The molecule has 0 aromatic carbocycles. The molecule has 102 valence electrons.